The summed E-state index contributed by atoms with van der Waals surface area (Å²) in [6, 6.07) is 18.3. The summed E-state index contributed by atoms with van der Waals surface area (Å²) in [5.74, 6) is 0. The Morgan fingerprint density at radius 1 is 1.15 bits per heavy atom. The average Bonchev–Trinajstić information content (AvgIpc) is 3.35. The summed E-state index contributed by atoms with van der Waals surface area (Å²) in [4.78, 5) is 24.2. The van der Waals surface area contributed by atoms with Crippen molar-refractivity contribution >= 4 is 11.7 Å². The van der Waals surface area contributed by atoms with Gasteiger partial charge in [-0.05, 0) is 35.7 Å². The summed E-state index contributed by atoms with van der Waals surface area (Å²) < 4.78 is 7.51. The highest BCUT2D eigenvalue weighted by Crippen LogP contribution is 2.31. The number of carbonyl (C=O) groups excluding carboxylic acids is 1. The molecule has 0 bridgehead atoms. The topological polar surface area (TPSA) is 77.6 Å². The molecule has 3 aromatic rings. The molecular weight excluding hydrogens is 428 g/mol. The lowest BCUT2D eigenvalue weighted by Gasteiger charge is -2.37. The van der Waals surface area contributed by atoms with E-state index in [2.05, 4.69) is 28.1 Å². The predicted octanol–water partition coefficient (Wildman–Crippen LogP) is 3.10. The lowest BCUT2D eigenvalue weighted by atomic mass is 10.0. The molecule has 1 atom stereocenters. The van der Waals surface area contributed by atoms with Crippen molar-refractivity contribution in [1.29, 1.82) is 5.26 Å². The van der Waals surface area contributed by atoms with E-state index in [1.807, 2.05) is 57.0 Å². The normalized spacial score (nSPS) is 18.2. The van der Waals surface area contributed by atoms with Crippen molar-refractivity contribution in [2.75, 3.05) is 37.7 Å². The maximum atomic E-state index is 13.8. The zero-order valence-corrected chi connectivity index (χ0v) is 19.1. The van der Waals surface area contributed by atoms with Crippen LogP contribution < -0.4 is 4.90 Å². The number of imidazole rings is 1. The number of benzene rings is 2. The van der Waals surface area contributed by atoms with Crippen molar-refractivity contribution in [3.8, 4) is 6.07 Å². The van der Waals surface area contributed by atoms with Crippen LogP contribution in [0.4, 0.5) is 10.5 Å². The first-order chi connectivity index (χ1) is 16.7. The number of rotatable bonds is 4. The van der Waals surface area contributed by atoms with Gasteiger partial charge in [0.2, 0.25) is 0 Å². The summed E-state index contributed by atoms with van der Waals surface area (Å²) in [5.41, 5.74) is 3.82. The van der Waals surface area contributed by atoms with Crippen molar-refractivity contribution in [3.05, 3.63) is 83.9 Å². The SMILES string of the molecule is N#Cc1ccc2c(c1)CN(C(=O)N1CCOCC1)[C@H](Cc1ccccc1)CN2Cn1ccnc1. The lowest BCUT2D eigenvalue weighted by Crippen LogP contribution is -2.53. The molecule has 34 heavy (non-hydrogen) atoms. The van der Waals surface area contributed by atoms with Gasteiger partial charge in [-0.2, -0.15) is 5.26 Å². The fraction of sp³-hybridized carbons (Fsp3) is 0.346. The summed E-state index contributed by atoms with van der Waals surface area (Å²) >= 11 is 0. The first kappa shape index (κ1) is 22.0. The molecule has 0 radical (unpaired) electrons. The van der Waals surface area contributed by atoms with E-state index in [9.17, 15) is 10.1 Å². The van der Waals surface area contributed by atoms with Crippen LogP contribution >= 0.6 is 0 Å². The molecule has 174 valence electrons. The molecule has 5 rings (SSSR count). The Hall–Kier alpha value is -3.83. The summed E-state index contributed by atoms with van der Waals surface area (Å²) in [6.07, 6.45) is 6.26. The van der Waals surface area contributed by atoms with Crippen LogP contribution in [0.2, 0.25) is 0 Å². The van der Waals surface area contributed by atoms with Crippen LogP contribution in [-0.2, 0) is 24.4 Å². The first-order valence-corrected chi connectivity index (χ1v) is 11.6. The Labute approximate surface area is 199 Å². The number of amides is 2. The van der Waals surface area contributed by atoms with Gasteiger partial charge in [-0.1, -0.05) is 30.3 Å². The van der Waals surface area contributed by atoms with Crippen LogP contribution in [0.25, 0.3) is 0 Å². The van der Waals surface area contributed by atoms with E-state index in [1.54, 1.807) is 12.5 Å². The van der Waals surface area contributed by atoms with Gasteiger partial charge in [0.1, 0.15) is 0 Å². The third-order valence-electron chi connectivity index (χ3n) is 6.50. The van der Waals surface area contributed by atoms with Gasteiger partial charge in [0, 0.05) is 44.3 Å². The monoisotopic (exact) mass is 456 g/mol. The van der Waals surface area contributed by atoms with Crippen LogP contribution in [0.3, 0.4) is 0 Å². The highest BCUT2D eigenvalue weighted by atomic mass is 16.5. The van der Waals surface area contributed by atoms with Gasteiger partial charge in [0.15, 0.2) is 0 Å². The molecular formula is C26H28N6O2. The van der Waals surface area contributed by atoms with Crippen LogP contribution in [0.15, 0.2) is 67.3 Å². The molecule has 0 spiro atoms. The molecule has 0 saturated carbocycles. The maximum absolute atomic E-state index is 13.8. The summed E-state index contributed by atoms with van der Waals surface area (Å²) in [6.45, 7) is 4.05. The Balaban J connectivity index is 1.53. The van der Waals surface area contributed by atoms with Crippen molar-refractivity contribution in [2.45, 2.75) is 25.7 Å². The predicted molar refractivity (Wildman–Crippen MR) is 128 cm³/mol. The van der Waals surface area contributed by atoms with E-state index >= 15 is 0 Å². The molecule has 3 heterocycles. The standard InChI is InChI=1S/C26H28N6O2/c27-16-22-6-7-25-23(14-22)17-32(26(33)30-10-12-34-13-11-30)24(15-21-4-2-1-3-5-21)18-31(25)20-29-9-8-28-19-29/h1-9,14,19,24H,10-13,15,17-18,20H2/t24-/m1/s1. The number of aromatic nitrogens is 2. The van der Waals surface area contributed by atoms with Crippen LogP contribution in [0.1, 0.15) is 16.7 Å². The van der Waals surface area contributed by atoms with Gasteiger partial charge in [-0.25, -0.2) is 9.78 Å². The number of morpholine rings is 1. The molecule has 8 heteroatoms. The van der Waals surface area contributed by atoms with E-state index < -0.39 is 0 Å². The van der Waals surface area contributed by atoms with Crippen molar-refractivity contribution in [3.63, 3.8) is 0 Å². The molecule has 2 aliphatic heterocycles. The minimum atomic E-state index is -0.0424. The number of ether oxygens (including phenoxy) is 1. The number of hydrogen-bond acceptors (Lipinski definition) is 5. The van der Waals surface area contributed by atoms with Crippen molar-refractivity contribution in [2.24, 2.45) is 0 Å². The Bertz CT molecular complexity index is 1150. The van der Waals surface area contributed by atoms with Gasteiger partial charge in [-0.3, -0.25) is 0 Å². The van der Waals surface area contributed by atoms with Gasteiger partial charge in [-0.15, -0.1) is 0 Å². The highest BCUT2D eigenvalue weighted by Gasteiger charge is 2.34. The first-order valence-electron chi connectivity index (χ1n) is 11.6. The van der Waals surface area contributed by atoms with E-state index in [-0.39, 0.29) is 12.1 Å². The molecule has 1 fully saturated rings. The number of fused-ring (bicyclic) bond motifs is 1. The van der Waals surface area contributed by atoms with Gasteiger partial charge < -0.3 is 24.0 Å². The minimum absolute atomic E-state index is 0.0297. The molecule has 2 aromatic carbocycles. The number of nitriles is 1. The largest absolute Gasteiger partial charge is 0.378 e. The molecule has 2 aliphatic rings. The average molecular weight is 457 g/mol. The Morgan fingerprint density at radius 3 is 2.71 bits per heavy atom. The fourth-order valence-electron chi connectivity index (χ4n) is 4.78. The fourth-order valence-corrected chi connectivity index (χ4v) is 4.78. The zero-order valence-electron chi connectivity index (χ0n) is 19.1. The van der Waals surface area contributed by atoms with E-state index in [4.69, 9.17) is 4.74 Å². The van der Waals surface area contributed by atoms with Crippen LogP contribution in [0.5, 0.6) is 0 Å². The van der Waals surface area contributed by atoms with Gasteiger partial charge >= 0.3 is 6.03 Å². The quantitative estimate of drug-likeness (QED) is 0.603. The van der Waals surface area contributed by atoms with Gasteiger partial charge in [0.05, 0.1) is 43.9 Å². The number of anilines is 1. The summed E-state index contributed by atoms with van der Waals surface area (Å²) in [5, 5.41) is 9.53. The molecule has 2 amide bonds. The third-order valence-corrected chi connectivity index (χ3v) is 6.50. The smallest absolute Gasteiger partial charge is 0.320 e. The van der Waals surface area contributed by atoms with E-state index in [0.717, 1.165) is 17.7 Å². The number of urea groups is 1. The van der Waals surface area contributed by atoms with Crippen molar-refractivity contribution in [1.82, 2.24) is 19.4 Å². The van der Waals surface area contributed by atoms with Gasteiger partial charge in [0.25, 0.3) is 0 Å². The molecule has 0 aliphatic carbocycles. The molecule has 0 unspecified atom stereocenters. The number of hydrogen-bond donors (Lipinski definition) is 0. The third kappa shape index (κ3) is 4.75. The highest BCUT2D eigenvalue weighted by molar-refractivity contribution is 5.76. The lowest BCUT2D eigenvalue weighted by molar-refractivity contribution is 0.0386. The van der Waals surface area contributed by atoms with Crippen LogP contribution in [-0.4, -0.2) is 64.3 Å². The number of nitrogens with zero attached hydrogens (tertiary/aromatic N) is 6. The zero-order chi connectivity index (χ0) is 23.3. The minimum Gasteiger partial charge on any atom is -0.378 e. The Morgan fingerprint density at radius 2 is 1.97 bits per heavy atom. The van der Waals surface area contributed by atoms with E-state index in [0.29, 0.717) is 51.6 Å². The summed E-state index contributed by atoms with van der Waals surface area (Å²) in [7, 11) is 0. The van der Waals surface area contributed by atoms with Crippen molar-refractivity contribution < 1.29 is 9.53 Å². The molecule has 0 N–H and O–H groups in total. The Kier molecular flexibility index (Phi) is 6.45. The molecule has 1 saturated heterocycles. The number of carbonyl (C=O) groups is 1. The second-order valence-corrected chi connectivity index (χ2v) is 8.75. The van der Waals surface area contributed by atoms with Crippen LogP contribution in [0, 0.1) is 11.3 Å². The second kappa shape index (κ2) is 9.98. The molecule has 1 aromatic heterocycles. The second-order valence-electron chi connectivity index (χ2n) is 8.75. The van der Waals surface area contributed by atoms with E-state index in [1.165, 1.54) is 5.56 Å². The maximum Gasteiger partial charge on any atom is 0.320 e. The molecule has 8 nitrogen and oxygen atoms in total.